The minimum atomic E-state index is 0. The molecule has 148 valence electrons. The van der Waals surface area contributed by atoms with Gasteiger partial charge in [-0.1, -0.05) is 0 Å². The maximum atomic E-state index is 6.25. The van der Waals surface area contributed by atoms with Crippen LogP contribution in [0.2, 0.25) is 0 Å². The van der Waals surface area contributed by atoms with E-state index in [4.69, 9.17) is 9.47 Å². The summed E-state index contributed by atoms with van der Waals surface area (Å²) >= 11 is 1.70. The first-order valence-corrected chi connectivity index (χ1v) is 10.0. The number of rotatable bonds is 7. The third kappa shape index (κ3) is 6.57. The van der Waals surface area contributed by atoms with Crippen LogP contribution in [0.3, 0.4) is 0 Å². The number of thiophene rings is 1. The predicted molar refractivity (Wildman–Crippen MR) is 123 cm³/mol. The smallest absolute Gasteiger partial charge is 0.191 e. The van der Waals surface area contributed by atoms with Gasteiger partial charge in [0.15, 0.2) is 5.96 Å². The Hall–Kier alpha value is -1.48. The highest BCUT2D eigenvalue weighted by Gasteiger charge is 2.18. The zero-order valence-corrected chi connectivity index (χ0v) is 19.0. The van der Waals surface area contributed by atoms with Crippen molar-refractivity contribution in [3.63, 3.8) is 0 Å². The fraction of sp³-hybridized carbons (Fsp3) is 0.450. The Kier molecular flexibility index (Phi) is 9.20. The molecule has 1 aromatic heterocycles. The maximum absolute atomic E-state index is 6.25. The normalized spacial score (nSPS) is 14.5. The van der Waals surface area contributed by atoms with Gasteiger partial charge in [-0.25, -0.2) is 0 Å². The molecule has 1 saturated carbocycles. The number of hydrogen-bond donors (Lipinski definition) is 2. The number of hydrogen-bond acceptors (Lipinski definition) is 4. The van der Waals surface area contributed by atoms with Crippen LogP contribution in [0, 0.1) is 0 Å². The van der Waals surface area contributed by atoms with E-state index in [2.05, 4.69) is 38.5 Å². The second kappa shape index (κ2) is 11.4. The Morgan fingerprint density at radius 3 is 2.63 bits per heavy atom. The van der Waals surface area contributed by atoms with Gasteiger partial charge in [0.05, 0.1) is 13.2 Å². The van der Waals surface area contributed by atoms with Gasteiger partial charge in [-0.05, 0) is 60.2 Å². The van der Waals surface area contributed by atoms with Gasteiger partial charge in [0, 0.05) is 31.8 Å². The molecule has 2 aromatic rings. The molecule has 1 aliphatic rings. The Morgan fingerprint density at radius 2 is 1.96 bits per heavy atom. The first-order valence-electron chi connectivity index (χ1n) is 9.07. The first kappa shape index (κ1) is 21.8. The maximum Gasteiger partial charge on any atom is 0.191 e. The molecular formula is C20H28IN3O2S. The van der Waals surface area contributed by atoms with E-state index in [1.165, 1.54) is 18.4 Å². The predicted octanol–water partition coefficient (Wildman–Crippen LogP) is 4.56. The van der Waals surface area contributed by atoms with Crippen molar-refractivity contribution < 1.29 is 9.47 Å². The standard InChI is InChI=1S/C20H27N3O2S.HI/c1-21-20(22-12-15-9-10-26-14-15)23-13-16-7-8-18(24-2)11-19(16)25-17-5-3-4-6-17;/h7-11,14,17H,3-6,12-13H2,1-2H3,(H2,21,22,23);1H. The minimum absolute atomic E-state index is 0. The second-order valence-electron chi connectivity index (χ2n) is 6.41. The molecule has 0 saturated heterocycles. The molecule has 0 radical (unpaired) electrons. The summed E-state index contributed by atoms with van der Waals surface area (Å²) in [4.78, 5) is 4.30. The quantitative estimate of drug-likeness (QED) is 0.332. The largest absolute Gasteiger partial charge is 0.497 e. The molecule has 7 heteroatoms. The van der Waals surface area contributed by atoms with Crippen LogP contribution in [-0.4, -0.2) is 26.2 Å². The van der Waals surface area contributed by atoms with E-state index in [1.54, 1.807) is 25.5 Å². The van der Waals surface area contributed by atoms with E-state index in [-0.39, 0.29) is 24.0 Å². The van der Waals surface area contributed by atoms with Gasteiger partial charge in [0.25, 0.3) is 0 Å². The molecule has 2 N–H and O–H groups in total. The molecule has 0 amide bonds. The average Bonchev–Trinajstić information content (AvgIpc) is 3.36. The van der Waals surface area contributed by atoms with E-state index in [9.17, 15) is 0 Å². The lowest BCUT2D eigenvalue weighted by atomic mass is 10.2. The molecule has 27 heavy (non-hydrogen) atoms. The van der Waals surface area contributed by atoms with Crippen molar-refractivity contribution in [3.05, 3.63) is 46.2 Å². The van der Waals surface area contributed by atoms with E-state index >= 15 is 0 Å². The van der Waals surface area contributed by atoms with Gasteiger partial charge in [0.2, 0.25) is 0 Å². The number of guanidine groups is 1. The summed E-state index contributed by atoms with van der Waals surface area (Å²) in [6.45, 7) is 1.41. The molecule has 1 heterocycles. The van der Waals surface area contributed by atoms with Crippen LogP contribution in [0.1, 0.15) is 36.8 Å². The van der Waals surface area contributed by atoms with Gasteiger partial charge in [-0.15, -0.1) is 24.0 Å². The Morgan fingerprint density at radius 1 is 1.19 bits per heavy atom. The van der Waals surface area contributed by atoms with E-state index < -0.39 is 0 Å². The monoisotopic (exact) mass is 501 g/mol. The summed E-state index contributed by atoms with van der Waals surface area (Å²) < 4.78 is 11.6. The van der Waals surface area contributed by atoms with Crippen LogP contribution in [0.15, 0.2) is 40.0 Å². The minimum Gasteiger partial charge on any atom is -0.497 e. The number of benzene rings is 1. The van der Waals surface area contributed by atoms with Crippen molar-refractivity contribution in [1.82, 2.24) is 10.6 Å². The van der Waals surface area contributed by atoms with E-state index in [0.717, 1.165) is 42.4 Å². The summed E-state index contributed by atoms with van der Waals surface area (Å²) in [5, 5.41) is 10.9. The van der Waals surface area contributed by atoms with Crippen molar-refractivity contribution in [1.29, 1.82) is 0 Å². The lowest BCUT2D eigenvalue weighted by Crippen LogP contribution is -2.36. The molecule has 1 aromatic carbocycles. The highest BCUT2D eigenvalue weighted by atomic mass is 127. The molecule has 0 spiro atoms. The van der Waals surface area contributed by atoms with Crippen molar-refractivity contribution in [2.24, 2.45) is 4.99 Å². The van der Waals surface area contributed by atoms with Gasteiger partial charge in [-0.2, -0.15) is 11.3 Å². The molecule has 0 aliphatic heterocycles. The van der Waals surface area contributed by atoms with E-state index in [1.807, 2.05) is 12.1 Å². The molecule has 0 unspecified atom stereocenters. The van der Waals surface area contributed by atoms with Crippen LogP contribution in [-0.2, 0) is 13.1 Å². The third-order valence-corrected chi connectivity index (χ3v) is 5.31. The van der Waals surface area contributed by atoms with Crippen molar-refractivity contribution in [2.75, 3.05) is 14.2 Å². The van der Waals surface area contributed by atoms with E-state index in [0.29, 0.717) is 12.6 Å². The molecule has 1 fully saturated rings. The summed E-state index contributed by atoms with van der Waals surface area (Å²) in [5.74, 6) is 2.50. The fourth-order valence-electron chi connectivity index (χ4n) is 3.08. The fourth-order valence-corrected chi connectivity index (χ4v) is 3.75. The number of methoxy groups -OCH3 is 1. The Labute approximate surface area is 182 Å². The first-order chi connectivity index (χ1) is 12.8. The molecule has 0 bridgehead atoms. The second-order valence-corrected chi connectivity index (χ2v) is 7.19. The van der Waals surface area contributed by atoms with Crippen molar-refractivity contribution in [3.8, 4) is 11.5 Å². The SMILES string of the molecule is CN=C(NCc1ccsc1)NCc1ccc(OC)cc1OC1CCCC1.I. The van der Waals surface area contributed by atoms with Gasteiger partial charge >= 0.3 is 0 Å². The van der Waals surface area contributed by atoms with Gasteiger partial charge < -0.3 is 20.1 Å². The number of nitrogens with one attached hydrogen (secondary N) is 2. The van der Waals surface area contributed by atoms with Crippen LogP contribution < -0.4 is 20.1 Å². The topological polar surface area (TPSA) is 54.9 Å². The Bertz CT molecular complexity index is 716. The molecule has 0 atom stereocenters. The summed E-state index contributed by atoms with van der Waals surface area (Å²) in [6.07, 6.45) is 5.09. The average molecular weight is 501 g/mol. The molecule has 1 aliphatic carbocycles. The zero-order valence-electron chi connectivity index (χ0n) is 15.9. The van der Waals surface area contributed by atoms with Crippen LogP contribution in [0.25, 0.3) is 0 Å². The summed E-state index contributed by atoms with van der Waals surface area (Å²) in [6, 6.07) is 8.13. The van der Waals surface area contributed by atoms with Crippen LogP contribution in [0.5, 0.6) is 11.5 Å². The lowest BCUT2D eigenvalue weighted by Gasteiger charge is -2.18. The zero-order chi connectivity index (χ0) is 18.2. The molecule has 3 rings (SSSR count). The van der Waals surface area contributed by atoms with Gasteiger partial charge in [0.1, 0.15) is 11.5 Å². The van der Waals surface area contributed by atoms with Gasteiger partial charge in [-0.3, -0.25) is 4.99 Å². The number of halogens is 1. The number of nitrogens with zero attached hydrogens (tertiary/aromatic N) is 1. The van der Waals surface area contributed by atoms with Crippen molar-refractivity contribution >= 4 is 41.3 Å². The van der Waals surface area contributed by atoms with Crippen molar-refractivity contribution in [2.45, 2.75) is 44.9 Å². The summed E-state index contributed by atoms with van der Waals surface area (Å²) in [7, 11) is 3.47. The third-order valence-electron chi connectivity index (χ3n) is 4.58. The summed E-state index contributed by atoms with van der Waals surface area (Å²) in [5.41, 5.74) is 2.36. The Balaban J connectivity index is 0.00000261. The highest BCUT2D eigenvalue weighted by molar-refractivity contribution is 14.0. The van der Waals surface area contributed by atoms with Crippen LogP contribution in [0.4, 0.5) is 0 Å². The number of aliphatic imine (C=N–C) groups is 1. The number of ether oxygens (including phenoxy) is 2. The molecular weight excluding hydrogens is 473 g/mol. The van der Waals surface area contributed by atoms with Crippen LogP contribution >= 0.6 is 35.3 Å². The molecule has 5 nitrogen and oxygen atoms in total. The highest BCUT2D eigenvalue weighted by Crippen LogP contribution is 2.29. The lowest BCUT2D eigenvalue weighted by molar-refractivity contribution is 0.207.